The van der Waals surface area contributed by atoms with Gasteiger partial charge in [0, 0.05) is 0 Å². The van der Waals surface area contributed by atoms with Crippen molar-refractivity contribution in [3.05, 3.63) is 0 Å². The van der Waals surface area contributed by atoms with Gasteiger partial charge in [0.05, 0.1) is 0 Å². The van der Waals surface area contributed by atoms with E-state index in [2.05, 4.69) is 20.8 Å². The van der Waals surface area contributed by atoms with E-state index in [9.17, 15) is 13.2 Å². The standard InChI is InChI=1S/C12H22F3N/c1-11(2,3)7-9-16-8-5-4-6-10(16)12(13,14)15/h10H,4-9H2,1-3H3. The van der Waals surface area contributed by atoms with E-state index in [-0.39, 0.29) is 11.8 Å². The van der Waals surface area contributed by atoms with Crippen LogP contribution in [0.1, 0.15) is 46.5 Å². The van der Waals surface area contributed by atoms with Crippen molar-refractivity contribution in [1.82, 2.24) is 4.90 Å². The van der Waals surface area contributed by atoms with Crippen LogP contribution in [0.15, 0.2) is 0 Å². The van der Waals surface area contributed by atoms with Gasteiger partial charge in [0.25, 0.3) is 0 Å². The van der Waals surface area contributed by atoms with Crippen LogP contribution < -0.4 is 0 Å². The lowest BCUT2D eigenvalue weighted by Gasteiger charge is -2.38. The van der Waals surface area contributed by atoms with Crippen molar-refractivity contribution in [3.8, 4) is 0 Å². The number of hydrogen-bond acceptors (Lipinski definition) is 1. The predicted molar refractivity (Wildman–Crippen MR) is 59.3 cm³/mol. The van der Waals surface area contributed by atoms with E-state index >= 15 is 0 Å². The van der Waals surface area contributed by atoms with Crippen LogP contribution in [0.2, 0.25) is 0 Å². The van der Waals surface area contributed by atoms with E-state index in [1.165, 1.54) is 0 Å². The van der Waals surface area contributed by atoms with E-state index in [1.54, 1.807) is 4.90 Å². The predicted octanol–water partition coefficient (Wildman–Crippen LogP) is 3.84. The number of nitrogens with zero attached hydrogens (tertiary/aromatic N) is 1. The third-order valence-electron chi connectivity index (χ3n) is 3.14. The zero-order valence-electron chi connectivity index (χ0n) is 10.4. The molecular formula is C12H22F3N. The number of rotatable bonds is 2. The van der Waals surface area contributed by atoms with Crippen molar-refractivity contribution in [2.45, 2.75) is 58.7 Å². The topological polar surface area (TPSA) is 3.24 Å². The van der Waals surface area contributed by atoms with Crippen LogP contribution in [0.5, 0.6) is 0 Å². The molecule has 1 nitrogen and oxygen atoms in total. The minimum Gasteiger partial charge on any atom is -0.292 e. The molecule has 0 N–H and O–H groups in total. The fourth-order valence-electron chi connectivity index (χ4n) is 2.11. The van der Waals surface area contributed by atoms with Gasteiger partial charge >= 0.3 is 6.18 Å². The van der Waals surface area contributed by atoms with Crippen LogP contribution in [-0.4, -0.2) is 30.2 Å². The fourth-order valence-corrected chi connectivity index (χ4v) is 2.11. The molecule has 4 heteroatoms. The highest BCUT2D eigenvalue weighted by Crippen LogP contribution is 2.32. The third kappa shape index (κ3) is 4.32. The van der Waals surface area contributed by atoms with Crippen molar-refractivity contribution in [1.29, 1.82) is 0 Å². The molecule has 1 aliphatic rings. The Kier molecular flexibility index (Phi) is 4.27. The number of likely N-dealkylation sites (tertiary alicyclic amines) is 1. The number of hydrogen-bond donors (Lipinski definition) is 0. The summed E-state index contributed by atoms with van der Waals surface area (Å²) in [6.45, 7) is 7.37. The zero-order valence-corrected chi connectivity index (χ0v) is 10.4. The summed E-state index contributed by atoms with van der Waals surface area (Å²) in [5, 5.41) is 0. The van der Waals surface area contributed by atoms with Crippen LogP contribution in [0, 0.1) is 5.41 Å². The second-order valence-corrected chi connectivity index (χ2v) is 5.90. The van der Waals surface area contributed by atoms with E-state index in [0.29, 0.717) is 19.5 Å². The van der Waals surface area contributed by atoms with Gasteiger partial charge in [0.1, 0.15) is 6.04 Å². The van der Waals surface area contributed by atoms with Crippen LogP contribution >= 0.6 is 0 Å². The first-order valence-electron chi connectivity index (χ1n) is 6.01. The van der Waals surface area contributed by atoms with E-state index in [0.717, 1.165) is 12.8 Å². The molecule has 0 radical (unpaired) electrons. The van der Waals surface area contributed by atoms with Crippen LogP contribution in [0.4, 0.5) is 13.2 Å². The molecule has 0 amide bonds. The Morgan fingerprint density at radius 1 is 1.12 bits per heavy atom. The first-order chi connectivity index (χ1) is 7.20. The number of piperidine rings is 1. The summed E-state index contributed by atoms with van der Waals surface area (Å²) in [6, 6.07) is -1.21. The van der Waals surface area contributed by atoms with Crippen molar-refractivity contribution in [2.75, 3.05) is 13.1 Å². The lowest BCUT2D eigenvalue weighted by atomic mass is 9.91. The maximum Gasteiger partial charge on any atom is 0.404 e. The number of halogens is 3. The molecule has 0 aliphatic carbocycles. The van der Waals surface area contributed by atoms with Crippen molar-refractivity contribution < 1.29 is 13.2 Å². The Hall–Kier alpha value is -0.250. The Morgan fingerprint density at radius 3 is 2.25 bits per heavy atom. The molecular weight excluding hydrogens is 215 g/mol. The SMILES string of the molecule is CC(C)(C)CCN1CCCCC1C(F)(F)F. The molecule has 0 saturated carbocycles. The molecule has 16 heavy (non-hydrogen) atoms. The van der Waals surface area contributed by atoms with Crippen molar-refractivity contribution in [3.63, 3.8) is 0 Å². The van der Waals surface area contributed by atoms with Crippen LogP contribution in [0.25, 0.3) is 0 Å². The lowest BCUT2D eigenvalue weighted by Crippen LogP contribution is -2.49. The highest BCUT2D eigenvalue weighted by Gasteiger charge is 2.44. The average Bonchev–Trinajstić information content (AvgIpc) is 2.12. The molecule has 0 spiro atoms. The smallest absolute Gasteiger partial charge is 0.292 e. The van der Waals surface area contributed by atoms with Gasteiger partial charge in [-0.15, -0.1) is 0 Å². The van der Waals surface area contributed by atoms with Gasteiger partial charge in [0.2, 0.25) is 0 Å². The summed E-state index contributed by atoms with van der Waals surface area (Å²) in [6.07, 6.45) is -1.36. The molecule has 1 saturated heterocycles. The third-order valence-corrected chi connectivity index (χ3v) is 3.14. The van der Waals surface area contributed by atoms with Gasteiger partial charge in [0.15, 0.2) is 0 Å². The Labute approximate surface area is 96.0 Å². The normalized spacial score (nSPS) is 24.8. The van der Waals surface area contributed by atoms with Gasteiger partial charge in [-0.25, -0.2) is 0 Å². The summed E-state index contributed by atoms with van der Waals surface area (Å²) >= 11 is 0. The molecule has 1 heterocycles. The first-order valence-corrected chi connectivity index (χ1v) is 6.01. The highest BCUT2D eigenvalue weighted by atomic mass is 19.4. The summed E-state index contributed by atoms with van der Waals surface area (Å²) in [5.74, 6) is 0. The maximum atomic E-state index is 12.8. The lowest BCUT2D eigenvalue weighted by molar-refractivity contribution is -0.191. The van der Waals surface area contributed by atoms with Crippen molar-refractivity contribution >= 4 is 0 Å². The van der Waals surface area contributed by atoms with Gasteiger partial charge in [-0.3, -0.25) is 4.90 Å². The average molecular weight is 237 g/mol. The maximum absolute atomic E-state index is 12.8. The van der Waals surface area contributed by atoms with E-state index in [1.807, 2.05) is 0 Å². The molecule has 0 aromatic rings. The van der Waals surface area contributed by atoms with Crippen LogP contribution in [-0.2, 0) is 0 Å². The molecule has 96 valence electrons. The largest absolute Gasteiger partial charge is 0.404 e. The molecule has 0 aromatic heterocycles. The summed E-state index contributed by atoms with van der Waals surface area (Å²) < 4.78 is 38.3. The van der Waals surface area contributed by atoms with E-state index in [4.69, 9.17) is 0 Å². The molecule has 1 unspecified atom stereocenters. The summed E-state index contributed by atoms with van der Waals surface area (Å²) in [5.41, 5.74) is 0.105. The van der Waals surface area contributed by atoms with Gasteiger partial charge in [-0.05, 0) is 37.8 Å². The van der Waals surface area contributed by atoms with Crippen molar-refractivity contribution in [2.24, 2.45) is 5.41 Å². The molecule has 0 bridgehead atoms. The van der Waals surface area contributed by atoms with Gasteiger partial charge in [-0.1, -0.05) is 27.2 Å². The van der Waals surface area contributed by atoms with Gasteiger partial charge in [-0.2, -0.15) is 13.2 Å². The molecule has 0 aromatic carbocycles. The highest BCUT2D eigenvalue weighted by molar-refractivity contribution is 4.83. The van der Waals surface area contributed by atoms with E-state index < -0.39 is 12.2 Å². The molecule has 1 atom stereocenters. The van der Waals surface area contributed by atoms with Crippen LogP contribution in [0.3, 0.4) is 0 Å². The monoisotopic (exact) mass is 237 g/mol. The molecule has 1 aliphatic heterocycles. The van der Waals surface area contributed by atoms with Gasteiger partial charge < -0.3 is 0 Å². The second-order valence-electron chi connectivity index (χ2n) is 5.90. The first kappa shape index (κ1) is 13.8. The zero-order chi connectivity index (χ0) is 12.4. The Balaban J connectivity index is 2.54. The minimum absolute atomic E-state index is 0.105. The second kappa shape index (κ2) is 4.94. The number of alkyl halides is 3. The minimum atomic E-state index is -4.06. The summed E-state index contributed by atoms with van der Waals surface area (Å²) in [7, 11) is 0. The fraction of sp³-hybridized carbons (Fsp3) is 1.00. The quantitative estimate of drug-likeness (QED) is 0.705. The summed E-state index contributed by atoms with van der Waals surface area (Å²) in [4.78, 5) is 1.62. The Morgan fingerprint density at radius 2 is 1.75 bits per heavy atom. The Bertz CT molecular complexity index is 217. The molecule has 1 rings (SSSR count). The molecule has 1 fully saturated rings.